The minimum atomic E-state index is -3.65. The zero-order chi connectivity index (χ0) is 16.4. The average Bonchev–Trinajstić information content (AvgIpc) is 3.27. The molecule has 3 heterocycles. The van der Waals surface area contributed by atoms with Gasteiger partial charge in [-0.1, -0.05) is 6.07 Å². The Labute approximate surface area is 142 Å². The van der Waals surface area contributed by atoms with Gasteiger partial charge in [0, 0.05) is 6.54 Å². The minimum Gasteiger partial charge on any atom is -0.315 e. The number of hydrogen-bond acceptors (Lipinski definition) is 6. The SMILES string of the molecule is N#Cc1ccsc1NC(=O)[C@@H]1CCCN1S(=O)(=O)c1cccs1. The highest BCUT2D eigenvalue weighted by molar-refractivity contribution is 7.91. The predicted octanol–water partition coefficient (Wildman–Crippen LogP) is 2.47. The van der Waals surface area contributed by atoms with Crippen LogP contribution in [0.5, 0.6) is 0 Å². The van der Waals surface area contributed by atoms with Gasteiger partial charge in [0.25, 0.3) is 10.0 Å². The van der Waals surface area contributed by atoms with Crippen LogP contribution >= 0.6 is 22.7 Å². The van der Waals surface area contributed by atoms with Crippen LogP contribution in [0.1, 0.15) is 18.4 Å². The molecule has 3 rings (SSSR count). The molecule has 1 saturated heterocycles. The van der Waals surface area contributed by atoms with Crippen LogP contribution in [0, 0.1) is 11.3 Å². The number of sulfonamides is 1. The monoisotopic (exact) mass is 367 g/mol. The van der Waals surface area contributed by atoms with E-state index in [9.17, 15) is 13.2 Å². The Hall–Kier alpha value is -1.73. The molecule has 6 nitrogen and oxygen atoms in total. The van der Waals surface area contributed by atoms with Gasteiger partial charge in [0.2, 0.25) is 5.91 Å². The first-order valence-electron chi connectivity index (χ1n) is 6.88. The molecule has 1 fully saturated rings. The highest BCUT2D eigenvalue weighted by Crippen LogP contribution is 2.30. The van der Waals surface area contributed by atoms with Crippen molar-refractivity contribution in [2.24, 2.45) is 0 Å². The number of anilines is 1. The molecule has 1 N–H and O–H groups in total. The predicted molar refractivity (Wildman–Crippen MR) is 88.9 cm³/mol. The van der Waals surface area contributed by atoms with E-state index in [1.165, 1.54) is 15.6 Å². The average molecular weight is 367 g/mol. The summed E-state index contributed by atoms with van der Waals surface area (Å²) in [7, 11) is -3.65. The highest BCUT2D eigenvalue weighted by Gasteiger charge is 2.40. The van der Waals surface area contributed by atoms with Crippen LogP contribution in [-0.4, -0.2) is 31.2 Å². The molecule has 0 aromatic carbocycles. The van der Waals surface area contributed by atoms with Crippen molar-refractivity contribution >= 4 is 43.6 Å². The Morgan fingerprint density at radius 1 is 1.35 bits per heavy atom. The fourth-order valence-corrected chi connectivity index (χ4v) is 6.02. The summed E-state index contributed by atoms with van der Waals surface area (Å²) in [5, 5.41) is 15.5. The lowest BCUT2D eigenvalue weighted by Gasteiger charge is -2.22. The van der Waals surface area contributed by atoms with Gasteiger partial charge in [0.15, 0.2) is 0 Å². The number of amides is 1. The van der Waals surface area contributed by atoms with Gasteiger partial charge < -0.3 is 5.32 Å². The summed E-state index contributed by atoms with van der Waals surface area (Å²) in [5.74, 6) is -0.387. The van der Waals surface area contributed by atoms with Crippen molar-refractivity contribution in [1.82, 2.24) is 4.31 Å². The van der Waals surface area contributed by atoms with Gasteiger partial charge in [0.05, 0.1) is 5.56 Å². The standard InChI is InChI=1S/C14H13N3O3S3/c15-9-10-5-8-22-14(10)16-13(18)11-3-1-6-17(11)23(19,20)12-4-2-7-21-12/h2,4-5,7-8,11H,1,3,6H2,(H,16,18)/t11-/m0/s1. The maximum atomic E-state index is 12.6. The Balaban J connectivity index is 1.82. The maximum absolute atomic E-state index is 12.6. The zero-order valence-electron chi connectivity index (χ0n) is 11.9. The number of rotatable bonds is 4. The topological polar surface area (TPSA) is 90.3 Å². The summed E-state index contributed by atoms with van der Waals surface area (Å²) in [6, 6.07) is 6.10. The fraction of sp³-hybridized carbons (Fsp3) is 0.286. The zero-order valence-corrected chi connectivity index (χ0v) is 14.4. The molecule has 23 heavy (non-hydrogen) atoms. The van der Waals surface area contributed by atoms with Crippen LogP contribution < -0.4 is 5.32 Å². The molecule has 120 valence electrons. The second-order valence-electron chi connectivity index (χ2n) is 4.97. The molecule has 0 unspecified atom stereocenters. The van der Waals surface area contributed by atoms with E-state index in [0.29, 0.717) is 30.0 Å². The summed E-state index contributed by atoms with van der Waals surface area (Å²) in [6.07, 6.45) is 1.11. The van der Waals surface area contributed by atoms with E-state index in [2.05, 4.69) is 5.32 Å². The van der Waals surface area contributed by atoms with Crippen LogP contribution in [0.3, 0.4) is 0 Å². The van der Waals surface area contributed by atoms with Crippen LogP contribution in [0.25, 0.3) is 0 Å². The van der Waals surface area contributed by atoms with E-state index >= 15 is 0 Å². The third-order valence-electron chi connectivity index (χ3n) is 3.59. The van der Waals surface area contributed by atoms with Gasteiger partial charge in [-0.15, -0.1) is 22.7 Å². The van der Waals surface area contributed by atoms with Crippen LogP contribution in [0.4, 0.5) is 5.00 Å². The van der Waals surface area contributed by atoms with E-state index in [4.69, 9.17) is 5.26 Å². The first kappa shape index (κ1) is 16.1. The van der Waals surface area contributed by atoms with Gasteiger partial charge in [0.1, 0.15) is 21.3 Å². The molecule has 0 aliphatic carbocycles. The Kier molecular flexibility index (Phi) is 4.50. The van der Waals surface area contributed by atoms with Crippen molar-refractivity contribution < 1.29 is 13.2 Å². The largest absolute Gasteiger partial charge is 0.315 e. The number of nitrogens with zero attached hydrogens (tertiary/aromatic N) is 2. The van der Waals surface area contributed by atoms with Crippen molar-refractivity contribution in [2.45, 2.75) is 23.1 Å². The fourth-order valence-electron chi connectivity index (χ4n) is 2.51. The Morgan fingerprint density at radius 3 is 2.87 bits per heavy atom. The second-order valence-corrected chi connectivity index (χ2v) is 8.95. The van der Waals surface area contributed by atoms with E-state index in [1.807, 2.05) is 6.07 Å². The number of nitriles is 1. The van der Waals surface area contributed by atoms with E-state index in [0.717, 1.165) is 11.3 Å². The molecule has 1 atom stereocenters. The maximum Gasteiger partial charge on any atom is 0.253 e. The van der Waals surface area contributed by atoms with Gasteiger partial charge in [-0.05, 0) is 35.7 Å². The van der Waals surface area contributed by atoms with Crippen LogP contribution in [-0.2, 0) is 14.8 Å². The van der Waals surface area contributed by atoms with Crippen molar-refractivity contribution in [3.8, 4) is 6.07 Å². The summed E-state index contributed by atoms with van der Waals surface area (Å²) >= 11 is 2.39. The number of carbonyl (C=O) groups is 1. The molecule has 1 aliphatic heterocycles. The Morgan fingerprint density at radius 2 is 2.17 bits per heavy atom. The number of carbonyl (C=O) groups excluding carboxylic acids is 1. The molecule has 2 aromatic heterocycles. The molecular formula is C14H13N3O3S3. The van der Waals surface area contributed by atoms with Gasteiger partial charge >= 0.3 is 0 Å². The Bertz CT molecular complexity index is 849. The smallest absolute Gasteiger partial charge is 0.253 e. The van der Waals surface area contributed by atoms with E-state index in [-0.39, 0.29) is 10.1 Å². The van der Waals surface area contributed by atoms with Gasteiger partial charge in [-0.25, -0.2) is 8.42 Å². The second kappa shape index (κ2) is 6.41. The number of thiophene rings is 2. The molecule has 1 amide bonds. The molecule has 1 aliphatic rings. The van der Waals surface area contributed by atoms with Crippen molar-refractivity contribution in [2.75, 3.05) is 11.9 Å². The molecule has 0 bridgehead atoms. The van der Waals surface area contributed by atoms with E-state index in [1.54, 1.807) is 29.0 Å². The van der Waals surface area contributed by atoms with Crippen molar-refractivity contribution in [1.29, 1.82) is 5.26 Å². The first-order chi connectivity index (χ1) is 11.0. The first-order valence-corrected chi connectivity index (χ1v) is 10.1. The molecule has 2 aromatic rings. The minimum absolute atomic E-state index is 0.242. The van der Waals surface area contributed by atoms with Gasteiger partial charge in [-0.2, -0.15) is 9.57 Å². The summed E-state index contributed by atoms with van der Waals surface area (Å²) < 4.78 is 26.8. The normalized spacial score (nSPS) is 18.7. The number of hydrogen-bond donors (Lipinski definition) is 1. The highest BCUT2D eigenvalue weighted by atomic mass is 32.2. The summed E-state index contributed by atoms with van der Waals surface area (Å²) in [5.41, 5.74) is 0.383. The van der Waals surface area contributed by atoms with E-state index < -0.39 is 16.1 Å². The third kappa shape index (κ3) is 3.03. The molecule has 9 heteroatoms. The summed E-state index contributed by atoms with van der Waals surface area (Å²) in [6.45, 7) is 0.327. The number of nitrogens with one attached hydrogen (secondary N) is 1. The lowest BCUT2D eigenvalue weighted by atomic mass is 10.2. The van der Waals surface area contributed by atoms with Crippen molar-refractivity contribution in [3.05, 3.63) is 34.5 Å². The molecule has 0 spiro atoms. The van der Waals surface area contributed by atoms with Gasteiger partial charge in [-0.3, -0.25) is 4.79 Å². The molecule has 0 radical (unpaired) electrons. The van der Waals surface area contributed by atoms with Crippen LogP contribution in [0.2, 0.25) is 0 Å². The van der Waals surface area contributed by atoms with Crippen LogP contribution in [0.15, 0.2) is 33.2 Å². The molecule has 0 saturated carbocycles. The molecular weight excluding hydrogens is 354 g/mol. The quantitative estimate of drug-likeness (QED) is 0.899. The summed E-state index contributed by atoms with van der Waals surface area (Å²) in [4.78, 5) is 12.5. The van der Waals surface area contributed by atoms with Crippen molar-refractivity contribution in [3.63, 3.8) is 0 Å². The third-order valence-corrected chi connectivity index (χ3v) is 7.70. The lowest BCUT2D eigenvalue weighted by molar-refractivity contribution is -0.119. The lowest BCUT2D eigenvalue weighted by Crippen LogP contribution is -2.42.